The summed E-state index contributed by atoms with van der Waals surface area (Å²) in [6.45, 7) is 8.72. The second-order valence-electron chi connectivity index (χ2n) is 4.86. The standard InChI is InChI=1S/C16H21N3O/c1-5-20-16-12(3)15(17-10-18-16)19-13(4)14-8-6-11(2)7-9-14/h6-10,13H,5H2,1-4H3,(H,17,18,19). The van der Waals surface area contributed by atoms with Gasteiger partial charge in [0.05, 0.1) is 12.2 Å². The Morgan fingerprint density at radius 2 is 1.85 bits per heavy atom. The number of benzene rings is 1. The van der Waals surface area contributed by atoms with Crippen molar-refractivity contribution in [3.63, 3.8) is 0 Å². The zero-order valence-electron chi connectivity index (χ0n) is 12.5. The highest BCUT2D eigenvalue weighted by atomic mass is 16.5. The fourth-order valence-corrected chi connectivity index (χ4v) is 2.01. The first-order chi connectivity index (χ1) is 9.61. The number of anilines is 1. The van der Waals surface area contributed by atoms with Gasteiger partial charge in [-0.1, -0.05) is 29.8 Å². The molecule has 0 aliphatic carbocycles. The molecule has 0 amide bonds. The summed E-state index contributed by atoms with van der Waals surface area (Å²) in [5, 5.41) is 3.41. The number of hydrogen-bond donors (Lipinski definition) is 1. The maximum Gasteiger partial charge on any atom is 0.221 e. The maximum absolute atomic E-state index is 5.49. The summed E-state index contributed by atoms with van der Waals surface area (Å²) in [4.78, 5) is 8.45. The summed E-state index contributed by atoms with van der Waals surface area (Å²) >= 11 is 0. The average Bonchev–Trinajstić information content (AvgIpc) is 2.44. The summed E-state index contributed by atoms with van der Waals surface area (Å²) in [6.07, 6.45) is 1.53. The summed E-state index contributed by atoms with van der Waals surface area (Å²) in [7, 11) is 0. The number of ether oxygens (including phenoxy) is 1. The van der Waals surface area contributed by atoms with Crippen molar-refractivity contribution >= 4 is 5.82 Å². The molecule has 1 aromatic heterocycles. The molecule has 2 rings (SSSR count). The molecule has 4 nitrogen and oxygen atoms in total. The monoisotopic (exact) mass is 271 g/mol. The molecule has 2 aromatic rings. The molecule has 0 spiro atoms. The Hall–Kier alpha value is -2.10. The highest BCUT2D eigenvalue weighted by Crippen LogP contribution is 2.24. The molecule has 0 saturated carbocycles. The Labute approximate surface area is 120 Å². The van der Waals surface area contributed by atoms with Gasteiger partial charge in [-0.3, -0.25) is 0 Å². The van der Waals surface area contributed by atoms with Crippen molar-refractivity contribution in [2.75, 3.05) is 11.9 Å². The van der Waals surface area contributed by atoms with Gasteiger partial charge in [0.2, 0.25) is 5.88 Å². The lowest BCUT2D eigenvalue weighted by molar-refractivity contribution is 0.324. The quantitative estimate of drug-likeness (QED) is 0.901. The third-order valence-electron chi connectivity index (χ3n) is 3.25. The second kappa shape index (κ2) is 6.37. The van der Waals surface area contributed by atoms with Crippen LogP contribution in [0.4, 0.5) is 5.82 Å². The summed E-state index contributed by atoms with van der Waals surface area (Å²) < 4.78 is 5.49. The molecule has 4 heteroatoms. The van der Waals surface area contributed by atoms with E-state index >= 15 is 0 Å². The molecule has 0 aliphatic heterocycles. The molecular formula is C16H21N3O. The smallest absolute Gasteiger partial charge is 0.221 e. The van der Waals surface area contributed by atoms with Crippen LogP contribution in [0.2, 0.25) is 0 Å². The molecule has 1 unspecified atom stereocenters. The van der Waals surface area contributed by atoms with Crippen molar-refractivity contribution in [1.29, 1.82) is 0 Å². The maximum atomic E-state index is 5.49. The van der Waals surface area contributed by atoms with Crippen LogP contribution in [0.1, 0.15) is 36.6 Å². The van der Waals surface area contributed by atoms with E-state index in [9.17, 15) is 0 Å². The van der Waals surface area contributed by atoms with Gasteiger partial charge in [0.15, 0.2) is 0 Å². The van der Waals surface area contributed by atoms with Crippen LogP contribution in [0, 0.1) is 13.8 Å². The third-order valence-corrected chi connectivity index (χ3v) is 3.25. The van der Waals surface area contributed by atoms with Gasteiger partial charge in [-0.2, -0.15) is 0 Å². The van der Waals surface area contributed by atoms with Crippen molar-refractivity contribution in [1.82, 2.24) is 9.97 Å². The first-order valence-corrected chi connectivity index (χ1v) is 6.89. The van der Waals surface area contributed by atoms with Crippen LogP contribution < -0.4 is 10.1 Å². The minimum Gasteiger partial charge on any atom is -0.478 e. The molecule has 1 N–H and O–H groups in total. The van der Waals surface area contributed by atoms with Gasteiger partial charge in [0, 0.05) is 6.04 Å². The van der Waals surface area contributed by atoms with Crippen molar-refractivity contribution in [3.05, 3.63) is 47.3 Å². The van der Waals surface area contributed by atoms with E-state index in [0.717, 1.165) is 11.4 Å². The summed E-state index contributed by atoms with van der Waals surface area (Å²) in [5.74, 6) is 1.46. The number of rotatable bonds is 5. The predicted octanol–water partition coefficient (Wildman–Crippen LogP) is 3.67. The topological polar surface area (TPSA) is 47.0 Å². The van der Waals surface area contributed by atoms with Crippen LogP contribution in [0.25, 0.3) is 0 Å². The van der Waals surface area contributed by atoms with Crippen LogP contribution in [0.15, 0.2) is 30.6 Å². The number of aryl methyl sites for hydroxylation is 1. The number of nitrogens with one attached hydrogen (secondary N) is 1. The predicted molar refractivity (Wildman–Crippen MR) is 81.2 cm³/mol. The molecule has 0 radical (unpaired) electrons. The second-order valence-corrected chi connectivity index (χ2v) is 4.86. The molecule has 0 aliphatic rings. The van der Waals surface area contributed by atoms with Crippen molar-refractivity contribution in [2.24, 2.45) is 0 Å². The van der Waals surface area contributed by atoms with E-state index in [2.05, 4.69) is 53.4 Å². The lowest BCUT2D eigenvalue weighted by Crippen LogP contribution is -2.10. The van der Waals surface area contributed by atoms with Gasteiger partial charge in [-0.05, 0) is 33.3 Å². The summed E-state index contributed by atoms with van der Waals surface area (Å²) in [6, 6.07) is 8.68. The largest absolute Gasteiger partial charge is 0.478 e. The van der Waals surface area contributed by atoms with Crippen LogP contribution in [-0.2, 0) is 0 Å². The van der Waals surface area contributed by atoms with E-state index in [4.69, 9.17) is 4.74 Å². The first kappa shape index (κ1) is 14.3. The number of nitrogens with zero attached hydrogens (tertiary/aromatic N) is 2. The van der Waals surface area contributed by atoms with Gasteiger partial charge in [-0.25, -0.2) is 9.97 Å². The Bertz CT molecular complexity index is 566. The van der Waals surface area contributed by atoms with E-state index in [1.165, 1.54) is 17.5 Å². The van der Waals surface area contributed by atoms with Crippen LogP contribution in [-0.4, -0.2) is 16.6 Å². The normalized spacial score (nSPS) is 12.0. The molecule has 1 aromatic carbocycles. The fourth-order valence-electron chi connectivity index (χ4n) is 2.01. The van der Waals surface area contributed by atoms with Crippen LogP contribution in [0.5, 0.6) is 5.88 Å². The Balaban J connectivity index is 2.17. The molecule has 0 bridgehead atoms. The van der Waals surface area contributed by atoms with Gasteiger partial charge in [-0.15, -0.1) is 0 Å². The van der Waals surface area contributed by atoms with Gasteiger partial charge < -0.3 is 10.1 Å². The minimum absolute atomic E-state index is 0.179. The van der Waals surface area contributed by atoms with Crippen LogP contribution in [0.3, 0.4) is 0 Å². The van der Waals surface area contributed by atoms with Crippen molar-refractivity contribution in [3.8, 4) is 5.88 Å². The summed E-state index contributed by atoms with van der Waals surface area (Å²) in [5.41, 5.74) is 3.43. The number of hydrogen-bond acceptors (Lipinski definition) is 4. The van der Waals surface area contributed by atoms with Gasteiger partial charge >= 0.3 is 0 Å². The van der Waals surface area contributed by atoms with E-state index < -0.39 is 0 Å². The van der Waals surface area contributed by atoms with Crippen molar-refractivity contribution in [2.45, 2.75) is 33.7 Å². The lowest BCUT2D eigenvalue weighted by atomic mass is 10.1. The van der Waals surface area contributed by atoms with E-state index in [1.54, 1.807) is 0 Å². The van der Waals surface area contributed by atoms with E-state index in [-0.39, 0.29) is 6.04 Å². The van der Waals surface area contributed by atoms with E-state index in [0.29, 0.717) is 12.5 Å². The molecule has 0 fully saturated rings. The highest BCUT2D eigenvalue weighted by molar-refractivity contribution is 5.49. The van der Waals surface area contributed by atoms with Crippen LogP contribution >= 0.6 is 0 Å². The van der Waals surface area contributed by atoms with Crippen molar-refractivity contribution < 1.29 is 4.74 Å². The number of aromatic nitrogens is 2. The molecule has 106 valence electrons. The SMILES string of the molecule is CCOc1ncnc(NC(C)c2ccc(C)cc2)c1C. The third kappa shape index (κ3) is 3.26. The fraction of sp³-hybridized carbons (Fsp3) is 0.375. The Morgan fingerprint density at radius 3 is 2.50 bits per heavy atom. The average molecular weight is 271 g/mol. The molecule has 1 atom stereocenters. The molecular weight excluding hydrogens is 250 g/mol. The minimum atomic E-state index is 0.179. The van der Waals surface area contributed by atoms with E-state index in [1.807, 2.05) is 13.8 Å². The molecule has 20 heavy (non-hydrogen) atoms. The Morgan fingerprint density at radius 1 is 1.15 bits per heavy atom. The molecule has 0 saturated heterocycles. The molecule has 1 heterocycles. The van der Waals surface area contributed by atoms with Gasteiger partial charge in [0.1, 0.15) is 12.1 Å². The van der Waals surface area contributed by atoms with Gasteiger partial charge in [0.25, 0.3) is 0 Å². The zero-order chi connectivity index (χ0) is 14.5. The first-order valence-electron chi connectivity index (χ1n) is 6.89. The highest BCUT2D eigenvalue weighted by Gasteiger charge is 2.11. The zero-order valence-corrected chi connectivity index (χ0v) is 12.5. The lowest BCUT2D eigenvalue weighted by Gasteiger charge is -2.17. The Kier molecular flexibility index (Phi) is 4.56.